The highest BCUT2D eigenvalue weighted by atomic mass is 32.2. The number of carbonyl (C=O) groups excluding carboxylic acids is 1. The molecule has 24 heavy (non-hydrogen) atoms. The van der Waals surface area contributed by atoms with E-state index < -0.39 is 10.0 Å². The first-order chi connectivity index (χ1) is 11.4. The zero-order chi connectivity index (χ0) is 17.2. The van der Waals surface area contributed by atoms with E-state index in [4.69, 9.17) is 0 Å². The molecule has 0 spiro atoms. The number of H-pyrrole nitrogens is 1. The number of nitrogens with one attached hydrogen (secondary N) is 2. The van der Waals surface area contributed by atoms with E-state index in [2.05, 4.69) is 14.9 Å². The number of carbonyl (C=O) groups is 1. The van der Waals surface area contributed by atoms with Crippen LogP contribution in [0.5, 0.6) is 0 Å². The van der Waals surface area contributed by atoms with Gasteiger partial charge in [0, 0.05) is 24.7 Å². The van der Waals surface area contributed by atoms with Crippen LogP contribution in [0.4, 0.5) is 0 Å². The number of piperidine rings is 1. The third kappa shape index (κ3) is 4.01. The molecule has 1 fully saturated rings. The third-order valence-electron chi connectivity index (χ3n) is 3.97. The van der Waals surface area contributed by atoms with Crippen LogP contribution in [0.3, 0.4) is 0 Å². The van der Waals surface area contributed by atoms with Gasteiger partial charge in [0.05, 0.1) is 11.9 Å². The van der Waals surface area contributed by atoms with Crippen molar-refractivity contribution >= 4 is 15.9 Å². The Morgan fingerprint density at radius 1 is 1.33 bits per heavy atom. The van der Waals surface area contributed by atoms with Crippen LogP contribution in [0.2, 0.25) is 0 Å². The van der Waals surface area contributed by atoms with Gasteiger partial charge in [-0.1, -0.05) is 30.3 Å². The smallest absolute Gasteiger partial charge is 0.271 e. The fourth-order valence-electron chi connectivity index (χ4n) is 2.92. The van der Waals surface area contributed by atoms with E-state index in [-0.39, 0.29) is 11.9 Å². The van der Waals surface area contributed by atoms with E-state index in [1.807, 2.05) is 30.3 Å². The zero-order valence-electron chi connectivity index (χ0n) is 13.4. The fourth-order valence-corrected chi connectivity index (χ4v) is 3.72. The van der Waals surface area contributed by atoms with Crippen molar-refractivity contribution in [3.05, 3.63) is 42.1 Å². The van der Waals surface area contributed by atoms with Crippen LogP contribution < -0.4 is 4.72 Å². The maximum Gasteiger partial charge on any atom is 0.271 e. The predicted molar refractivity (Wildman–Crippen MR) is 90.9 cm³/mol. The number of likely N-dealkylation sites (tertiary alicyclic amines) is 1. The van der Waals surface area contributed by atoms with Crippen LogP contribution in [0, 0.1) is 0 Å². The molecule has 2 N–H and O–H groups in total. The number of benzene rings is 1. The molecule has 8 heteroatoms. The normalized spacial score (nSPS) is 18.5. The summed E-state index contributed by atoms with van der Waals surface area (Å²) in [6.45, 7) is 0.978. The molecule has 2 heterocycles. The number of aromatic amines is 1. The summed E-state index contributed by atoms with van der Waals surface area (Å²) in [4.78, 5) is 14.3. The van der Waals surface area contributed by atoms with Crippen molar-refractivity contribution in [3.8, 4) is 11.3 Å². The minimum Gasteiger partial charge on any atom is -0.336 e. The zero-order valence-corrected chi connectivity index (χ0v) is 14.2. The topological polar surface area (TPSA) is 95.2 Å². The molecule has 1 aliphatic heterocycles. The van der Waals surface area contributed by atoms with Crippen LogP contribution in [-0.2, 0) is 10.0 Å². The highest BCUT2D eigenvalue weighted by Crippen LogP contribution is 2.19. The number of hydrogen-bond donors (Lipinski definition) is 2. The lowest BCUT2D eigenvalue weighted by Gasteiger charge is -2.32. The molecule has 1 atom stereocenters. The lowest BCUT2D eigenvalue weighted by atomic mass is 10.1. The Hall–Kier alpha value is -2.19. The predicted octanol–water partition coefficient (Wildman–Crippen LogP) is 1.23. The van der Waals surface area contributed by atoms with E-state index in [0.29, 0.717) is 24.5 Å². The summed E-state index contributed by atoms with van der Waals surface area (Å²) >= 11 is 0. The molecular formula is C16H20N4O3S. The van der Waals surface area contributed by atoms with Gasteiger partial charge in [0.2, 0.25) is 10.0 Å². The summed E-state index contributed by atoms with van der Waals surface area (Å²) in [5.41, 5.74) is 2.05. The SMILES string of the molecule is CS(=O)(=O)N[C@@H]1CCCN(C(=O)c2cc(-c3ccccc3)n[nH]2)C1. The fraction of sp³-hybridized carbons (Fsp3) is 0.375. The molecule has 1 aromatic heterocycles. The Labute approximate surface area is 141 Å². The number of amides is 1. The van der Waals surface area contributed by atoms with E-state index in [1.54, 1.807) is 11.0 Å². The van der Waals surface area contributed by atoms with E-state index in [1.165, 1.54) is 0 Å². The minimum atomic E-state index is -3.28. The summed E-state index contributed by atoms with van der Waals surface area (Å²) in [5.74, 6) is -0.162. The first-order valence-electron chi connectivity index (χ1n) is 7.80. The van der Waals surface area contributed by atoms with Gasteiger partial charge in [-0.05, 0) is 18.9 Å². The number of rotatable bonds is 4. The number of nitrogens with zero attached hydrogens (tertiary/aromatic N) is 2. The molecule has 128 valence electrons. The molecule has 7 nitrogen and oxygen atoms in total. The monoisotopic (exact) mass is 348 g/mol. The third-order valence-corrected chi connectivity index (χ3v) is 4.73. The van der Waals surface area contributed by atoms with Crippen molar-refractivity contribution in [2.45, 2.75) is 18.9 Å². The van der Waals surface area contributed by atoms with Crippen molar-refractivity contribution in [3.63, 3.8) is 0 Å². The van der Waals surface area contributed by atoms with Crippen LogP contribution in [0.1, 0.15) is 23.3 Å². The van der Waals surface area contributed by atoms with Gasteiger partial charge in [-0.15, -0.1) is 0 Å². The molecule has 0 bridgehead atoms. The van der Waals surface area contributed by atoms with Crippen LogP contribution in [-0.4, -0.2) is 54.8 Å². The van der Waals surface area contributed by atoms with Crippen LogP contribution in [0.15, 0.2) is 36.4 Å². The first kappa shape index (κ1) is 16.7. The summed E-state index contributed by atoms with van der Waals surface area (Å²) < 4.78 is 25.3. The minimum absolute atomic E-state index is 0.162. The average molecular weight is 348 g/mol. The van der Waals surface area contributed by atoms with Crippen molar-refractivity contribution in [2.24, 2.45) is 0 Å². The Balaban J connectivity index is 1.71. The van der Waals surface area contributed by atoms with Gasteiger partial charge >= 0.3 is 0 Å². The van der Waals surface area contributed by atoms with Crippen molar-refractivity contribution in [2.75, 3.05) is 19.3 Å². The molecule has 0 saturated carbocycles. The Morgan fingerprint density at radius 3 is 2.79 bits per heavy atom. The number of sulfonamides is 1. The van der Waals surface area contributed by atoms with Gasteiger partial charge in [0.1, 0.15) is 5.69 Å². The molecule has 1 aliphatic rings. The second kappa shape index (κ2) is 6.74. The molecule has 3 rings (SSSR count). The molecule has 0 unspecified atom stereocenters. The van der Waals surface area contributed by atoms with Gasteiger partial charge in [0.15, 0.2) is 0 Å². The van der Waals surface area contributed by atoms with E-state index in [9.17, 15) is 13.2 Å². The molecule has 0 radical (unpaired) electrons. The average Bonchev–Trinajstić information content (AvgIpc) is 3.03. The van der Waals surface area contributed by atoms with Crippen molar-refractivity contribution in [1.82, 2.24) is 19.8 Å². The molecule has 1 aromatic carbocycles. The van der Waals surface area contributed by atoms with Gasteiger partial charge in [-0.3, -0.25) is 9.89 Å². The highest BCUT2D eigenvalue weighted by molar-refractivity contribution is 7.88. The van der Waals surface area contributed by atoms with Crippen LogP contribution in [0.25, 0.3) is 11.3 Å². The Kier molecular flexibility index (Phi) is 4.68. The standard InChI is InChI=1S/C16H20N4O3S/c1-24(22,23)19-13-8-5-9-20(11-13)16(21)15-10-14(17-18-15)12-6-3-2-4-7-12/h2-4,6-7,10,13,19H,5,8-9,11H2,1H3,(H,17,18)/t13-/m1/s1. The number of aromatic nitrogens is 2. The second-order valence-electron chi connectivity index (χ2n) is 6.01. The molecule has 2 aromatic rings. The second-order valence-corrected chi connectivity index (χ2v) is 7.79. The van der Waals surface area contributed by atoms with Crippen molar-refractivity contribution < 1.29 is 13.2 Å². The maximum absolute atomic E-state index is 12.6. The van der Waals surface area contributed by atoms with E-state index in [0.717, 1.165) is 24.7 Å². The largest absolute Gasteiger partial charge is 0.336 e. The van der Waals surface area contributed by atoms with Gasteiger partial charge < -0.3 is 4.90 Å². The van der Waals surface area contributed by atoms with E-state index >= 15 is 0 Å². The van der Waals surface area contributed by atoms with Crippen molar-refractivity contribution in [1.29, 1.82) is 0 Å². The Bertz CT molecular complexity index is 817. The molecule has 1 saturated heterocycles. The van der Waals surface area contributed by atoms with Gasteiger partial charge in [-0.2, -0.15) is 5.10 Å². The summed E-state index contributed by atoms with van der Waals surface area (Å²) in [6, 6.07) is 11.1. The first-order valence-corrected chi connectivity index (χ1v) is 9.69. The summed E-state index contributed by atoms with van der Waals surface area (Å²) in [5, 5.41) is 6.98. The van der Waals surface area contributed by atoms with Gasteiger partial charge in [0.25, 0.3) is 5.91 Å². The molecule has 1 amide bonds. The Morgan fingerprint density at radius 2 is 2.08 bits per heavy atom. The lowest BCUT2D eigenvalue weighted by molar-refractivity contribution is 0.0697. The van der Waals surface area contributed by atoms with Crippen LogP contribution >= 0.6 is 0 Å². The molecule has 0 aliphatic carbocycles. The lowest BCUT2D eigenvalue weighted by Crippen LogP contribution is -2.49. The molecular weight excluding hydrogens is 328 g/mol. The number of hydrogen-bond acceptors (Lipinski definition) is 4. The highest BCUT2D eigenvalue weighted by Gasteiger charge is 2.27. The summed E-state index contributed by atoms with van der Waals surface area (Å²) in [7, 11) is -3.28. The summed E-state index contributed by atoms with van der Waals surface area (Å²) in [6.07, 6.45) is 2.63. The maximum atomic E-state index is 12.6. The van der Waals surface area contributed by atoms with Gasteiger partial charge in [-0.25, -0.2) is 13.1 Å². The quantitative estimate of drug-likeness (QED) is 0.869.